The van der Waals surface area contributed by atoms with Gasteiger partial charge in [0.15, 0.2) is 0 Å². The molecule has 1 aliphatic rings. The van der Waals surface area contributed by atoms with Crippen LogP contribution in [0.5, 0.6) is 0 Å². The first-order chi connectivity index (χ1) is 4.74. The molecule has 1 heterocycles. The van der Waals surface area contributed by atoms with Crippen molar-refractivity contribution in [2.75, 3.05) is 12.9 Å². The van der Waals surface area contributed by atoms with Crippen LogP contribution in [0.3, 0.4) is 0 Å². The van der Waals surface area contributed by atoms with Crippen molar-refractivity contribution in [2.45, 2.75) is 12.2 Å². The first-order valence-corrected chi connectivity index (χ1v) is 4.15. The van der Waals surface area contributed by atoms with Gasteiger partial charge in [-0.05, 0) is 6.92 Å². The van der Waals surface area contributed by atoms with E-state index in [2.05, 4.69) is 4.74 Å². The van der Waals surface area contributed by atoms with Crippen LogP contribution in [-0.4, -0.2) is 24.1 Å². The topological polar surface area (TPSA) is 26.3 Å². The van der Waals surface area contributed by atoms with E-state index in [0.717, 1.165) is 5.75 Å². The van der Waals surface area contributed by atoms with Crippen molar-refractivity contribution < 1.29 is 9.53 Å². The Labute approximate surface area is 64.6 Å². The van der Waals surface area contributed by atoms with E-state index in [1.807, 2.05) is 13.0 Å². The number of rotatable bonds is 1. The molecule has 0 aromatic rings. The summed E-state index contributed by atoms with van der Waals surface area (Å²) in [6, 6.07) is 0. The molecule has 1 aliphatic heterocycles. The second-order valence-corrected chi connectivity index (χ2v) is 3.40. The average molecular weight is 158 g/mol. The summed E-state index contributed by atoms with van der Waals surface area (Å²) in [6.45, 7) is 2.02. The normalized spacial score (nSPS) is 24.2. The molecular formula is C7H10O2S. The molecule has 0 radical (unpaired) electrons. The van der Waals surface area contributed by atoms with Gasteiger partial charge < -0.3 is 4.74 Å². The maximum atomic E-state index is 10.9. The lowest BCUT2D eigenvalue weighted by Crippen LogP contribution is -2.13. The molecule has 0 aromatic carbocycles. The predicted molar refractivity (Wildman–Crippen MR) is 42.0 cm³/mol. The molecule has 0 aliphatic carbocycles. The van der Waals surface area contributed by atoms with Gasteiger partial charge in [-0.15, -0.1) is 11.8 Å². The van der Waals surface area contributed by atoms with Crippen molar-refractivity contribution in [3.63, 3.8) is 0 Å². The van der Waals surface area contributed by atoms with E-state index < -0.39 is 0 Å². The fourth-order valence-corrected chi connectivity index (χ4v) is 1.93. The smallest absolute Gasteiger partial charge is 0.322 e. The lowest BCUT2D eigenvalue weighted by molar-refractivity contribution is -0.139. The molecule has 0 N–H and O–H groups in total. The summed E-state index contributed by atoms with van der Waals surface area (Å²) < 4.78 is 4.58. The SMILES string of the molecule is COC(=O)C1C=C(C)CS1. The molecule has 0 saturated heterocycles. The third-order valence-corrected chi connectivity index (χ3v) is 2.67. The van der Waals surface area contributed by atoms with E-state index in [-0.39, 0.29) is 11.2 Å². The summed E-state index contributed by atoms with van der Waals surface area (Å²) in [5, 5.41) is -0.0509. The van der Waals surface area contributed by atoms with E-state index in [1.54, 1.807) is 11.8 Å². The highest BCUT2D eigenvalue weighted by Crippen LogP contribution is 2.25. The van der Waals surface area contributed by atoms with Crippen LogP contribution in [0.25, 0.3) is 0 Å². The van der Waals surface area contributed by atoms with Gasteiger partial charge in [0.2, 0.25) is 0 Å². The Morgan fingerprint density at radius 3 is 3.00 bits per heavy atom. The third-order valence-electron chi connectivity index (χ3n) is 1.36. The van der Waals surface area contributed by atoms with Gasteiger partial charge in [-0.3, -0.25) is 4.79 Å². The van der Waals surface area contributed by atoms with Crippen LogP contribution >= 0.6 is 11.8 Å². The molecule has 1 rings (SSSR count). The van der Waals surface area contributed by atoms with Crippen LogP contribution in [0.15, 0.2) is 11.6 Å². The zero-order chi connectivity index (χ0) is 7.56. The Bertz CT molecular complexity index is 174. The molecule has 0 saturated carbocycles. The summed E-state index contributed by atoms with van der Waals surface area (Å²) in [7, 11) is 1.42. The summed E-state index contributed by atoms with van der Waals surface area (Å²) in [6.07, 6.45) is 1.95. The fourth-order valence-electron chi connectivity index (χ4n) is 0.828. The Kier molecular flexibility index (Phi) is 2.38. The van der Waals surface area contributed by atoms with E-state index in [0.29, 0.717) is 0 Å². The van der Waals surface area contributed by atoms with Gasteiger partial charge in [0.25, 0.3) is 0 Å². The van der Waals surface area contributed by atoms with Gasteiger partial charge in [0, 0.05) is 5.75 Å². The zero-order valence-corrected chi connectivity index (χ0v) is 6.90. The highest BCUT2D eigenvalue weighted by Gasteiger charge is 2.21. The minimum absolute atomic E-state index is 0.0509. The second kappa shape index (κ2) is 3.10. The average Bonchev–Trinajstić information content (AvgIpc) is 2.34. The number of hydrogen-bond donors (Lipinski definition) is 0. The van der Waals surface area contributed by atoms with Crippen LogP contribution in [0.1, 0.15) is 6.92 Å². The van der Waals surface area contributed by atoms with Crippen LogP contribution in [-0.2, 0) is 9.53 Å². The van der Waals surface area contributed by atoms with Crippen LogP contribution in [0, 0.1) is 0 Å². The summed E-state index contributed by atoms with van der Waals surface area (Å²) in [5.74, 6) is 0.821. The minimum Gasteiger partial charge on any atom is -0.468 e. The van der Waals surface area contributed by atoms with Crippen LogP contribution in [0.4, 0.5) is 0 Å². The molecule has 0 fully saturated rings. The van der Waals surface area contributed by atoms with E-state index in [1.165, 1.54) is 12.7 Å². The molecule has 3 heteroatoms. The number of ether oxygens (including phenoxy) is 1. The molecule has 0 bridgehead atoms. The molecule has 10 heavy (non-hydrogen) atoms. The van der Waals surface area contributed by atoms with E-state index in [4.69, 9.17) is 0 Å². The van der Waals surface area contributed by atoms with E-state index >= 15 is 0 Å². The summed E-state index contributed by atoms with van der Waals surface area (Å²) in [5.41, 5.74) is 1.26. The fraction of sp³-hybridized carbons (Fsp3) is 0.571. The Morgan fingerprint density at radius 2 is 2.60 bits per heavy atom. The van der Waals surface area contributed by atoms with Gasteiger partial charge >= 0.3 is 5.97 Å². The lowest BCUT2D eigenvalue weighted by Gasteiger charge is -2.01. The standard InChI is InChI=1S/C7H10O2S/c1-5-3-6(10-4-5)7(8)9-2/h3,6H,4H2,1-2H3. The van der Waals surface area contributed by atoms with Crippen molar-refractivity contribution in [2.24, 2.45) is 0 Å². The first kappa shape index (κ1) is 7.66. The Hall–Kier alpha value is -0.440. The number of esters is 1. The maximum Gasteiger partial charge on any atom is 0.322 e. The lowest BCUT2D eigenvalue weighted by atomic mass is 10.3. The highest BCUT2D eigenvalue weighted by molar-refractivity contribution is 8.01. The Morgan fingerprint density at radius 1 is 1.90 bits per heavy atom. The van der Waals surface area contributed by atoms with Crippen LogP contribution < -0.4 is 0 Å². The molecular weight excluding hydrogens is 148 g/mol. The van der Waals surface area contributed by atoms with Crippen molar-refractivity contribution in [3.05, 3.63) is 11.6 Å². The molecule has 2 nitrogen and oxygen atoms in total. The molecule has 0 amide bonds. The molecule has 1 atom stereocenters. The van der Waals surface area contributed by atoms with Crippen molar-refractivity contribution in [3.8, 4) is 0 Å². The van der Waals surface area contributed by atoms with E-state index in [9.17, 15) is 4.79 Å². The maximum absolute atomic E-state index is 10.9. The number of carbonyl (C=O) groups excluding carboxylic acids is 1. The van der Waals surface area contributed by atoms with Crippen molar-refractivity contribution >= 4 is 17.7 Å². The number of carbonyl (C=O) groups is 1. The monoisotopic (exact) mass is 158 g/mol. The number of hydrogen-bond acceptors (Lipinski definition) is 3. The predicted octanol–water partition coefficient (Wildman–Crippen LogP) is 1.22. The zero-order valence-electron chi connectivity index (χ0n) is 6.09. The van der Waals surface area contributed by atoms with Crippen molar-refractivity contribution in [1.29, 1.82) is 0 Å². The number of thioether (sulfide) groups is 1. The third kappa shape index (κ3) is 1.53. The van der Waals surface area contributed by atoms with Gasteiger partial charge in [-0.1, -0.05) is 11.6 Å². The minimum atomic E-state index is -0.137. The van der Waals surface area contributed by atoms with Gasteiger partial charge in [-0.2, -0.15) is 0 Å². The van der Waals surface area contributed by atoms with Crippen LogP contribution in [0.2, 0.25) is 0 Å². The number of methoxy groups -OCH3 is 1. The Balaban J connectivity index is 2.52. The summed E-state index contributed by atoms with van der Waals surface area (Å²) in [4.78, 5) is 10.9. The van der Waals surface area contributed by atoms with Crippen molar-refractivity contribution in [1.82, 2.24) is 0 Å². The van der Waals surface area contributed by atoms with Gasteiger partial charge in [0.05, 0.1) is 7.11 Å². The quantitative estimate of drug-likeness (QED) is 0.424. The summed E-state index contributed by atoms with van der Waals surface area (Å²) >= 11 is 1.62. The van der Waals surface area contributed by atoms with Gasteiger partial charge in [-0.25, -0.2) is 0 Å². The highest BCUT2D eigenvalue weighted by atomic mass is 32.2. The molecule has 0 spiro atoms. The first-order valence-electron chi connectivity index (χ1n) is 3.11. The largest absolute Gasteiger partial charge is 0.468 e. The molecule has 0 aromatic heterocycles. The molecule has 56 valence electrons. The molecule has 1 unspecified atom stereocenters. The van der Waals surface area contributed by atoms with Gasteiger partial charge in [0.1, 0.15) is 5.25 Å². The second-order valence-electron chi connectivity index (χ2n) is 2.27.